The third kappa shape index (κ3) is 6.90. The number of hydrogen-bond acceptors (Lipinski definition) is 5. The molecule has 0 spiro atoms. The lowest BCUT2D eigenvalue weighted by Crippen LogP contribution is -2.40. The van der Waals surface area contributed by atoms with Crippen LogP contribution in [0.15, 0.2) is 71.6 Å². The Morgan fingerprint density at radius 1 is 1.03 bits per heavy atom. The van der Waals surface area contributed by atoms with Crippen LogP contribution < -0.4 is 19.1 Å². The molecule has 0 unspecified atom stereocenters. The van der Waals surface area contributed by atoms with Crippen LogP contribution in [-0.2, 0) is 21.4 Å². The predicted octanol–water partition coefficient (Wildman–Crippen LogP) is 4.96. The first kappa shape index (κ1) is 26.4. The van der Waals surface area contributed by atoms with Crippen molar-refractivity contribution in [1.29, 1.82) is 0 Å². The molecule has 0 aliphatic heterocycles. The van der Waals surface area contributed by atoms with Gasteiger partial charge in [-0.1, -0.05) is 41.4 Å². The van der Waals surface area contributed by atoms with Crippen molar-refractivity contribution < 1.29 is 22.7 Å². The van der Waals surface area contributed by atoms with Gasteiger partial charge >= 0.3 is 0 Å². The van der Waals surface area contributed by atoms with Crippen molar-refractivity contribution in [2.75, 3.05) is 18.0 Å². The van der Waals surface area contributed by atoms with E-state index in [2.05, 4.69) is 5.32 Å². The van der Waals surface area contributed by atoms with Crippen molar-refractivity contribution in [1.82, 2.24) is 5.32 Å². The van der Waals surface area contributed by atoms with E-state index in [1.807, 2.05) is 45.0 Å². The molecule has 1 N–H and O–H groups in total. The highest BCUT2D eigenvalue weighted by atomic mass is 35.5. The minimum absolute atomic E-state index is 0.0543. The Balaban J connectivity index is 1.85. The molecule has 0 heterocycles. The van der Waals surface area contributed by atoms with Crippen LogP contribution >= 0.6 is 11.6 Å². The average Bonchev–Trinajstić information content (AvgIpc) is 2.82. The number of sulfonamides is 1. The van der Waals surface area contributed by atoms with Crippen LogP contribution in [0.4, 0.5) is 5.69 Å². The van der Waals surface area contributed by atoms with Gasteiger partial charge in [0.1, 0.15) is 18.0 Å². The fourth-order valence-electron chi connectivity index (χ4n) is 3.34. The van der Waals surface area contributed by atoms with Gasteiger partial charge in [0.15, 0.2) is 0 Å². The highest BCUT2D eigenvalue weighted by Crippen LogP contribution is 2.34. The van der Waals surface area contributed by atoms with Gasteiger partial charge in [0.05, 0.1) is 23.8 Å². The van der Waals surface area contributed by atoms with Crippen LogP contribution in [-0.4, -0.2) is 34.1 Å². The molecule has 0 fully saturated rings. The second kappa shape index (κ2) is 11.5. The van der Waals surface area contributed by atoms with Crippen LogP contribution in [0.5, 0.6) is 11.5 Å². The van der Waals surface area contributed by atoms with Gasteiger partial charge in [0.2, 0.25) is 5.91 Å². The molecule has 3 aromatic carbocycles. The van der Waals surface area contributed by atoms with E-state index in [0.29, 0.717) is 5.02 Å². The molecule has 186 valence electrons. The second-order valence-corrected chi connectivity index (χ2v) is 10.5. The lowest BCUT2D eigenvalue weighted by molar-refractivity contribution is -0.119. The zero-order valence-corrected chi connectivity index (χ0v) is 21.7. The van der Waals surface area contributed by atoms with Crippen LogP contribution in [0, 0.1) is 6.92 Å². The van der Waals surface area contributed by atoms with Crippen molar-refractivity contribution in [3.63, 3.8) is 0 Å². The maximum Gasteiger partial charge on any atom is 0.264 e. The molecule has 0 atom stereocenters. The second-order valence-electron chi connectivity index (χ2n) is 8.23. The summed E-state index contributed by atoms with van der Waals surface area (Å²) in [6.45, 7) is 5.52. The fourth-order valence-corrected chi connectivity index (χ4v) is 4.93. The number of ether oxygens (including phenoxy) is 2. The van der Waals surface area contributed by atoms with Crippen molar-refractivity contribution in [2.45, 2.75) is 38.3 Å². The molecule has 0 bridgehead atoms. The monoisotopic (exact) mass is 516 g/mol. The number of hydrogen-bond donors (Lipinski definition) is 1. The first-order valence-electron chi connectivity index (χ1n) is 11.1. The summed E-state index contributed by atoms with van der Waals surface area (Å²) in [6.07, 6.45) is 0.0606. The Bertz CT molecular complexity index is 1260. The molecule has 0 saturated heterocycles. The predicted molar refractivity (Wildman–Crippen MR) is 138 cm³/mol. The van der Waals surface area contributed by atoms with Gasteiger partial charge in [-0.3, -0.25) is 9.10 Å². The standard InChI is InChI=1S/C26H29ClN2O5S/c1-18(2)34-22-10-7-20(8-11-22)16-28-26(30)17-29(24-15-21(27)9-14-25(24)33-4)35(31,32)23-12-5-19(3)6-13-23/h5-15,18H,16-17H2,1-4H3,(H,28,30). The van der Waals surface area contributed by atoms with E-state index in [0.717, 1.165) is 21.2 Å². The third-order valence-corrected chi connectivity index (χ3v) is 7.10. The van der Waals surface area contributed by atoms with Crippen LogP contribution in [0.3, 0.4) is 0 Å². The molecule has 0 aliphatic carbocycles. The summed E-state index contributed by atoms with van der Waals surface area (Å²) in [5, 5.41) is 3.10. The lowest BCUT2D eigenvalue weighted by atomic mass is 10.2. The van der Waals surface area contributed by atoms with Gasteiger partial charge in [-0.2, -0.15) is 0 Å². The number of nitrogens with zero attached hydrogens (tertiary/aromatic N) is 1. The van der Waals surface area contributed by atoms with E-state index < -0.39 is 22.5 Å². The summed E-state index contributed by atoms with van der Waals surface area (Å²) in [4.78, 5) is 13.0. The molecular weight excluding hydrogens is 488 g/mol. The van der Waals surface area contributed by atoms with Gasteiger partial charge in [0, 0.05) is 11.6 Å². The van der Waals surface area contributed by atoms with E-state index in [4.69, 9.17) is 21.1 Å². The van der Waals surface area contributed by atoms with E-state index in [1.54, 1.807) is 24.3 Å². The van der Waals surface area contributed by atoms with E-state index in [-0.39, 0.29) is 29.0 Å². The van der Waals surface area contributed by atoms with E-state index in [1.165, 1.54) is 25.3 Å². The number of carbonyl (C=O) groups is 1. The number of carbonyl (C=O) groups excluding carboxylic acids is 1. The number of methoxy groups -OCH3 is 1. The molecule has 0 aliphatic rings. The number of anilines is 1. The zero-order chi connectivity index (χ0) is 25.6. The van der Waals surface area contributed by atoms with E-state index >= 15 is 0 Å². The maximum atomic E-state index is 13.6. The van der Waals surface area contributed by atoms with Gasteiger partial charge in [-0.05, 0) is 68.8 Å². The molecule has 35 heavy (non-hydrogen) atoms. The van der Waals surface area contributed by atoms with Crippen molar-refractivity contribution in [2.24, 2.45) is 0 Å². The Kier molecular flexibility index (Phi) is 8.64. The number of rotatable bonds is 10. The number of nitrogens with one attached hydrogen (secondary N) is 1. The summed E-state index contributed by atoms with van der Waals surface area (Å²) in [5.74, 6) is 0.530. The van der Waals surface area contributed by atoms with Crippen LogP contribution in [0.25, 0.3) is 0 Å². The number of aryl methyl sites for hydroxylation is 1. The average molecular weight is 517 g/mol. The minimum atomic E-state index is -4.10. The number of amides is 1. The maximum absolute atomic E-state index is 13.6. The smallest absolute Gasteiger partial charge is 0.264 e. The topological polar surface area (TPSA) is 84.9 Å². The summed E-state index contributed by atoms with van der Waals surface area (Å²) in [6, 6.07) is 18.4. The van der Waals surface area contributed by atoms with Gasteiger partial charge in [-0.25, -0.2) is 8.42 Å². The summed E-state index contributed by atoms with van der Waals surface area (Å²) >= 11 is 6.17. The third-order valence-electron chi connectivity index (χ3n) is 5.09. The Morgan fingerprint density at radius 3 is 2.29 bits per heavy atom. The summed E-state index contributed by atoms with van der Waals surface area (Å²) in [5.41, 5.74) is 1.94. The van der Waals surface area contributed by atoms with Crippen molar-refractivity contribution in [3.05, 3.63) is 82.9 Å². The Morgan fingerprint density at radius 2 is 1.69 bits per heavy atom. The molecule has 9 heteroatoms. The van der Waals surface area contributed by atoms with Gasteiger partial charge in [0.25, 0.3) is 10.0 Å². The Hall–Kier alpha value is -3.23. The lowest BCUT2D eigenvalue weighted by Gasteiger charge is -2.26. The van der Waals surface area contributed by atoms with Crippen molar-refractivity contribution >= 4 is 33.2 Å². The van der Waals surface area contributed by atoms with Crippen molar-refractivity contribution in [3.8, 4) is 11.5 Å². The minimum Gasteiger partial charge on any atom is -0.495 e. The molecule has 7 nitrogen and oxygen atoms in total. The quantitative estimate of drug-likeness (QED) is 0.412. The van der Waals surface area contributed by atoms with Gasteiger partial charge in [-0.15, -0.1) is 0 Å². The van der Waals surface area contributed by atoms with Crippen LogP contribution in [0.1, 0.15) is 25.0 Å². The first-order valence-corrected chi connectivity index (χ1v) is 12.9. The molecule has 0 saturated carbocycles. The zero-order valence-electron chi connectivity index (χ0n) is 20.1. The molecule has 0 aromatic heterocycles. The first-order chi connectivity index (χ1) is 16.6. The molecule has 1 amide bonds. The fraction of sp³-hybridized carbons (Fsp3) is 0.269. The number of halogens is 1. The summed E-state index contributed by atoms with van der Waals surface area (Å²) in [7, 11) is -2.67. The highest BCUT2D eigenvalue weighted by molar-refractivity contribution is 7.92. The largest absolute Gasteiger partial charge is 0.495 e. The Labute approximate surface area is 211 Å². The molecule has 0 radical (unpaired) electrons. The highest BCUT2D eigenvalue weighted by Gasteiger charge is 2.29. The van der Waals surface area contributed by atoms with E-state index in [9.17, 15) is 13.2 Å². The SMILES string of the molecule is COc1ccc(Cl)cc1N(CC(=O)NCc1ccc(OC(C)C)cc1)S(=O)(=O)c1ccc(C)cc1. The normalized spacial score (nSPS) is 11.3. The molecule has 3 aromatic rings. The summed E-state index contributed by atoms with van der Waals surface area (Å²) < 4.78 is 39.2. The van der Waals surface area contributed by atoms with Crippen LogP contribution in [0.2, 0.25) is 5.02 Å². The number of benzene rings is 3. The molecular formula is C26H29ClN2O5S. The molecule has 3 rings (SSSR count). The van der Waals surface area contributed by atoms with Gasteiger partial charge < -0.3 is 14.8 Å².